The molecule has 0 spiro atoms. The average Bonchev–Trinajstić information content (AvgIpc) is 2.60. The first-order valence-electron chi connectivity index (χ1n) is 8.01. The van der Waals surface area contributed by atoms with Crippen LogP contribution in [0.25, 0.3) is 0 Å². The highest BCUT2D eigenvalue weighted by Gasteiger charge is 2.18. The lowest BCUT2D eigenvalue weighted by Crippen LogP contribution is -2.15. The van der Waals surface area contributed by atoms with Crippen molar-refractivity contribution in [2.75, 3.05) is 26.6 Å². The number of hydrogen-bond donors (Lipinski definition) is 1. The monoisotopic (exact) mass is 343 g/mol. The maximum Gasteiger partial charge on any atom is 0.256 e. The molecule has 0 saturated carbocycles. The standard InChI is InChI=1S/C20H25NO4/c1-20(2,3)14-7-8-18(25-6)17(11-14)21-19(22)13-9-15(23-4)12-16(10-13)24-5/h7-12H,1-6H3,(H,21,22). The molecule has 0 bridgehead atoms. The van der Waals surface area contributed by atoms with Crippen LogP contribution in [0.4, 0.5) is 5.69 Å². The number of ether oxygens (including phenoxy) is 3. The fourth-order valence-corrected chi connectivity index (χ4v) is 2.41. The summed E-state index contributed by atoms with van der Waals surface area (Å²) in [5.41, 5.74) is 2.14. The molecule has 134 valence electrons. The Morgan fingerprint density at radius 2 is 1.48 bits per heavy atom. The molecule has 2 rings (SSSR count). The van der Waals surface area contributed by atoms with Crippen molar-refractivity contribution >= 4 is 11.6 Å². The number of hydrogen-bond acceptors (Lipinski definition) is 4. The van der Waals surface area contributed by atoms with Crippen LogP contribution in [0.1, 0.15) is 36.7 Å². The number of amides is 1. The molecule has 0 radical (unpaired) electrons. The first kappa shape index (κ1) is 18.6. The molecule has 0 atom stereocenters. The zero-order chi connectivity index (χ0) is 18.6. The van der Waals surface area contributed by atoms with Gasteiger partial charge in [0.1, 0.15) is 17.2 Å². The molecule has 2 aromatic rings. The minimum atomic E-state index is -0.262. The van der Waals surface area contributed by atoms with Gasteiger partial charge in [-0.1, -0.05) is 26.8 Å². The van der Waals surface area contributed by atoms with Crippen LogP contribution in [0.15, 0.2) is 36.4 Å². The third-order valence-electron chi connectivity index (χ3n) is 3.93. The summed E-state index contributed by atoms with van der Waals surface area (Å²) in [5.74, 6) is 1.46. The van der Waals surface area contributed by atoms with Crippen molar-refractivity contribution in [3.63, 3.8) is 0 Å². The van der Waals surface area contributed by atoms with Gasteiger partial charge in [-0.3, -0.25) is 4.79 Å². The molecule has 1 amide bonds. The fourth-order valence-electron chi connectivity index (χ4n) is 2.41. The van der Waals surface area contributed by atoms with Crippen LogP contribution < -0.4 is 19.5 Å². The molecule has 5 heteroatoms. The maximum atomic E-state index is 12.7. The van der Waals surface area contributed by atoms with E-state index in [0.717, 1.165) is 5.56 Å². The summed E-state index contributed by atoms with van der Waals surface area (Å²) in [6.45, 7) is 6.36. The zero-order valence-corrected chi connectivity index (χ0v) is 15.6. The fraction of sp³-hybridized carbons (Fsp3) is 0.350. The Bertz CT molecular complexity index is 741. The van der Waals surface area contributed by atoms with Crippen molar-refractivity contribution in [3.05, 3.63) is 47.5 Å². The maximum absolute atomic E-state index is 12.7. The molecule has 25 heavy (non-hydrogen) atoms. The minimum absolute atomic E-state index is 0.0368. The molecular formula is C20H25NO4. The second-order valence-corrected chi connectivity index (χ2v) is 6.72. The molecule has 0 fully saturated rings. The molecule has 0 heterocycles. The van der Waals surface area contributed by atoms with E-state index >= 15 is 0 Å². The van der Waals surface area contributed by atoms with Crippen molar-refractivity contribution in [1.29, 1.82) is 0 Å². The van der Waals surface area contributed by atoms with Gasteiger partial charge in [0.2, 0.25) is 0 Å². The molecule has 0 aliphatic heterocycles. The molecule has 2 aromatic carbocycles. The highest BCUT2D eigenvalue weighted by molar-refractivity contribution is 6.05. The predicted molar refractivity (Wildman–Crippen MR) is 99.2 cm³/mol. The summed E-state index contributed by atoms with van der Waals surface area (Å²) in [6.07, 6.45) is 0. The Kier molecular flexibility index (Phi) is 5.57. The van der Waals surface area contributed by atoms with E-state index in [1.165, 1.54) is 0 Å². The van der Waals surface area contributed by atoms with Gasteiger partial charge in [0.25, 0.3) is 5.91 Å². The Balaban J connectivity index is 2.37. The Morgan fingerprint density at radius 3 is 1.96 bits per heavy atom. The van der Waals surface area contributed by atoms with E-state index in [1.54, 1.807) is 39.5 Å². The number of anilines is 1. The summed E-state index contributed by atoms with van der Waals surface area (Å²) in [7, 11) is 4.68. The van der Waals surface area contributed by atoms with Crippen LogP contribution >= 0.6 is 0 Å². The molecule has 5 nitrogen and oxygen atoms in total. The lowest BCUT2D eigenvalue weighted by atomic mass is 9.87. The van der Waals surface area contributed by atoms with E-state index in [-0.39, 0.29) is 11.3 Å². The number of nitrogens with one attached hydrogen (secondary N) is 1. The Labute approximate surface area is 148 Å². The summed E-state index contributed by atoms with van der Waals surface area (Å²) in [5, 5.41) is 2.92. The normalized spacial score (nSPS) is 11.0. The van der Waals surface area contributed by atoms with Gasteiger partial charge < -0.3 is 19.5 Å². The second kappa shape index (κ2) is 7.47. The van der Waals surface area contributed by atoms with Crippen molar-refractivity contribution in [1.82, 2.24) is 0 Å². The third-order valence-corrected chi connectivity index (χ3v) is 3.93. The summed E-state index contributed by atoms with van der Waals surface area (Å²) >= 11 is 0. The van der Waals surface area contributed by atoms with Crippen LogP contribution in [0.2, 0.25) is 0 Å². The van der Waals surface area contributed by atoms with E-state index in [9.17, 15) is 4.79 Å². The first-order chi connectivity index (χ1) is 11.8. The zero-order valence-electron chi connectivity index (χ0n) is 15.6. The topological polar surface area (TPSA) is 56.8 Å². The van der Waals surface area contributed by atoms with Crippen molar-refractivity contribution in [3.8, 4) is 17.2 Å². The Hall–Kier alpha value is -2.69. The number of methoxy groups -OCH3 is 3. The van der Waals surface area contributed by atoms with Crippen LogP contribution in [-0.2, 0) is 5.41 Å². The smallest absolute Gasteiger partial charge is 0.256 e. The van der Waals surface area contributed by atoms with Gasteiger partial charge in [0.05, 0.1) is 27.0 Å². The average molecular weight is 343 g/mol. The van der Waals surface area contributed by atoms with Crippen LogP contribution in [0, 0.1) is 0 Å². The van der Waals surface area contributed by atoms with Crippen LogP contribution in [-0.4, -0.2) is 27.2 Å². The van der Waals surface area contributed by atoms with Gasteiger partial charge in [0.15, 0.2) is 0 Å². The molecular weight excluding hydrogens is 318 g/mol. The van der Waals surface area contributed by atoms with Crippen molar-refractivity contribution in [2.24, 2.45) is 0 Å². The van der Waals surface area contributed by atoms with E-state index < -0.39 is 0 Å². The Morgan fingerprint density at radius 1 is 0.880 bits per heavy atom. The van der Waals surface area contributed by atoms with Gasteiger partial charge in [-0.2, -0.15) is 0 Å². The molecule has 0 aromatic heterocycles. The lowest BCUT2D eigenvalue weighted by Gasteiger charge is -2.21. The van der Waals surface area contributed by atoms with Gasteiger partial charge in [-0.15, -0.1) is 0 Å². The van der Waals surface area contributed by atoms with E-state index in [0.29, 0.717) is 28.5 Å². The van der Waals surface area contributed by atoms with Gasteiger partial charge in [-0.25, -0.2) is 0 Å². The van der Waals surface area contributed by atoms with E-state index in [4.69, 9.17) is 14.2 Å². The first-order valence-corrected chi connectivity index (χ1v) is 8.01. The van der Waals surface area contributed by atoms with E-state index in [2.05, 4.69) is 26.1 Å². The predicted octanol–water partition coefficient (Wildman–Crippen LogP) is 4.26. The second-order valence-electron chi connectivity index (χ2n) is 6.72. The number of carbonyl (C=O) groups excluding carboxylic acids is 1. The largest absolute Gasteiger partial charge is 0.497 e. The van der Waals surface area contributed by atoms with E-state index in [1.807, 2.05) is 18.2 Å². The number of carbonyl (C=O) groups is 1. The minimum Gasteiger partial charge on any atom is -0.497 e. The van der Waals surface area contributed by atoms with Gasteiger partial charge in [-0.05, 0) is 35.2 Å². The van der Waals surface area contributed by atoms with Crippen LogP contribution in [0.5, 0.6) is 17.2 Å². The number of benzene rings is 2. The molecule has 1 N–H and O–H groups in total. The SMILES string of the molecule is COc1cc(OC)cc(C(=O)Nc2cc(C(C)(C)C)ccc2OC)c1. The third kappa shape index (κ3) is 4.44. The summed E-state index contributed by atoms with van der Waals surface area (Å²) < 4.78 is 15.8. The molecule has 0 aliphatic rings. The van der Waals surface area contributed by atoms with Gasteiger partial charge >= 0.3 is 0 Å². The molecule has 0 saturated heterocycles. The van der Waals surface area contributed by atoms with Crippen molar-refractivity contribution < 1.29 is 19.0 Å². The van der Waals surface area contributed by atoms with Crippen molar-refractivity contribution in [2.45, 2.75) is 26.2 Å². The molecule has 0 aliphatic carbocycles. The summed E-state index contributed by atoms with van der Waals surface area (Å²) in [6, 6.07) is 10.9. The van der Waals surface area contributed by atoms with Crippen LogP contribution in [0.3, 0.4) is 0 Å². The highest BCUT2D eigenvalue weighted by atomic mass is 16.5. The molecule has 0 unspecified atom stereocenters. The van der Waals surface area contributed by atoms with Gasteiger partial charge in [0, 0.05) is 11.6 Å². The quantitative estimate of drug-likeness (QED) is 0.881. The lowest BCUT2D eigenvalue weighted by molar-refractivity contribution is 0.102. The summed E-state index contributed by atoms with van der Waals surface area (Å²) in [4.78, 5) is 12.7. The highest BCUT2D eigenvalue weighted by Crippen LogP contribution is 2.32. The number of rotatable bonds is 5.